The number of hydrogen-bond donors (Lipinski definition) is 7. The minimum atomic E-state index is -1.21. The first-order valence-corrected chi connectivity index (χ1v) is 14.2. The monoisotopic (exact) mass is 569 g/mol. The Morgan fingerprint density at radius 3 is 2.25 bits per heavy atom. The van der Waals surface area contributed by atoms with Gasteiger partial charge in [0.2, 0.25) is 17.7 Å². The zero-order valence-electron chi connectivity index (χ0n) is 22.3. The number of aliphatic carboxylic acids is 1. The molecule has 0 fully saturated rings. The lowest BCUT2D eigenvalue weighted by Gasteiger charge is -2.25. The van der Waals surface area contributed by atoms with Crippen molar-refractivity contribution in [1.82, 2.24) is 20.9 Å². The van der Waals surface area contributed by atoms with E-state index >= 15 is 0 Å². The first-order valence-electron chi connectivity index (χ1n) is 12.8. The summed E-state index contributed by atoms with van der Waals surface area (Å²) in [6.45, 7) is 1.34. The second-order valence-corrected chi connectivity index (χ2v) is 10.5. The number of amides is 3. The van der Waals surface area contributed by atoms with Gasteiger partial charge < -0.3 is 36.9 Å². The number of hydrogen-bond acceptors (Lipinski definition) is 7. The highest BCUT2D eigenvalue weighted by atomic mass is 32.2. The van der Waals surface area contributed by atoms with Gasteiger partial charge in [0.1, 0.15) is 23.9 Å². The van der Waals surface area contributed by atoms with Crippen molar-refractivity contribution in [1.29, 1.82) is 0 Å². The first kappa shape index (κ1) is 30.5. The molecule has 0 aliphatic carbocycles. The molecule has 0 aliphatic heterocycles. The van der Waals surface area contributed by atoms with Gasteiger partial charge in [0.05, 0.1) is 6.04 Å². The van der Waals surface area contributed by atoms with Crippen LogP contribution >= 0.6 is 11.8 Å². The molecule has 3 amide bonds. The van der Waals surface area contributed by atoms with Crippen LogP contribution in [0.3, 0.4) is 0 Å². The van der Waals surface area contributed by atoms with Crippen LogP contribution in [0.4, 0.5) is 0 Å². The van der Waals surface area contributed by atoms with E-state index in [0.29, 0.717) is 5.75 Å². The van der Waals surface area contributed by atoms with Crippen molar-refractivity contribution in [3.8, 4) is 5.75 Å². The van der Waals surface area contributed by atoms with Gasteiger partial charge in [-0.15, -0.1) is 0 Å². The number of aromatic nitrogens is 1. The lowest BCUT2D eigenvalue weighted by molar-refractivity contribution is -0.141. The molecule has 4 unspecified atom stereocenters. The maximum absolute atomic E-state index is 13.4. The molecule has 2 aromatic carbocycles. The van der Waals surface area contributed by atoms with E-state index < -0.39 is 47.9 Å². The predicted molar refractivity (Wildman–Crippen MR) is 154 cm³/mol. The highest BCUT2D eigenvalue weighted by molar-refractivity contribution is 7.98. The quantitative estimate of drug-likeness (QED) is 0.151. The summed E-state index contributed by atoms with van der Waals surface area (Å²) in [5.41, 5.74) is 8.47. The summed E-state index contributed by atoms with van der Waals surface area (Å²) in [6.07, 6.45) is 4.19. The summed E-state index contributed by atoms with van der Waals surface area (Å²) in [7, 11) is 0. The maximum Gasteiger partial charge on any atom is 0.325 e. The topological polar surface area (TPSA) is 187 Å². The molecule has 1 heterocycles. The summed E-state index contributed by atoms with van der Waals surface area (Å²) < 4.78 is 0. The van der Waals surface area contributed by atoms with Gasteiger partial charge in [-0.25, -0.2) is 0 Å². The second kappa shape index (κ2) is 14.4. The number of aromatic hydroxyl groups is 1. The van der Waals surface area contributed by atoms with Crippen LogP contribution in [0.5, 0.6) is 5.75 Å². The summed E-state index contributed by atoms with van der Waals surface area (Å²) in [5.74, 6) is -2.33. The molecule has 8 N–H and O–H groups in total. The fourth-order valence-electron chi connectivity index (χ4n) is 4.14. The molecule has 0 saturated heterocycles. The number of nitrogens with one attached hydrogen (secondary N) is 4. The third-order valence-electron chi connectivity index (χ3n) is 6.43. The van der Waals surface area contributed by atoms with Crippen LogP contribution in [0.25, 0.3) is 10.9 Å². The average Bonchev–Trinajstić information content (AvgIpc) is 3.34. The summed E-state index contributed by atoms with van der Waals surface area (Å²) in [6, 6.07) is 9.62. The lowest BCUT2D eigenvalue weighted by atomic mass is 10.0. The molecule has 214 valence electrons. The number of benzene rings is 2. The minimum Gasteiger partial charge on any atom is -0.508 e. The molecular formula is C28H35N5O6S. The van der Waals surface area contributed by atoms with Crippen molar-refractivity contribution in [3.63, 3.8) is 0 Å². The molecule has 40 heavy (non-hydrogen) atoms. The van der Waals surface area contributed by atoms with E-state index in [0.717, 1.165) is 22.0 Å². The number of fused-ring (bicyclic) bond motifs is 1. The van der Waals surface area contributed by atoms with E-state index in [1.807, 2.05) is 30.5 Å². The van der Waals surface area contributed by atoms with Gasteiger partial charge in [-0.05, 0) is 61.1 Å². The Morgan fingerprint density at radius 1 is 0.925 bits per heavy atom. The Balaban J connectivity index is 1.76. The van der Waals surface area contributed by atoms with Crippen LogP contribution < -0.4 is 21.7 Å². The Kier molecular flexibility index (Phi) is 11.0. The molecule has 0 spiro atoms. The van der Waals surface area contributed by atoms with Crippen LogP contribution in [0.2, 0.25) is 0 Å². The number of para-hydroxylation sites is 1. The van der Waals surface area contributed by atoms with E-state index in [-0.39, 0.29) is 25.0 Å². The van der Waals surface area contributed by atoms with Gasteiger partial charge in [0.25, 0.3) is 0 Å². The standard InChI is InChI=1S/C28H35N5O6S/c1-16(28(38)39)31-27(37)24(14-18-15-30-22-6-4-3-5-20(18)22)33-26(36)23(11-12-40-2)32-25(35)21(29)13-17-7-9-19(34)10-8-17/h3-10,15-16,21,23-24,30,34H,11-14,29H2,1-2H3,(H,31,37)(H,32,35)(H,33,36)(H,38,39). The molecule has 0 saturated carbocycles. The molecular weight excluding hydrogens is 534 g/mol. The fraction of sp³-hybridized carbons (Fsp3) is 0.357. The number of rotatable bonds is 14. The van der Waals surface area contributed by atoms with Crippen molar-refractivity contribution in [3.05, 3.63) is 65.9 Å². The number of nitrogens with two attached hydrogens (primary N) is 1. The van der Waals surface area contributed by atoms with Crippen LogP contribution in [0.1, 0.15) is 24.5 Å². The smallest absolute Gasteiger partial charge is 0.325 e. The van der Waals surface area contributed by atoms with Crippen molar-refractivity contribution in [2.75, 3.05) is 12.0 Å². The highest BCUT2D eigenvalue weighted by Gasteiger charge is 2.30. The van der Waals surface area contributed by atoms with Crippen molar-refractivity contribution in [2.24, 2.45) is 5.73 Å². The Labute approximate surface area is 236 Å². The highest BCUT2D eigenvalue weighted by Crippen LogP contribution is 2.19. The molecule has 0 aliphatic rings. The maximum atomic E-state index is 13.4. The van der Waals surface area contributed by atoms with E-state index in [2.05, 4.69) is 20.9 Å². The largest absolute Gasteiger partial charge is 0.508 e. The minimum absolute atomic E-state index is 0.0947. The van der Waals surface area contributed by atoms with Crippen molar-refractivity contribution < 1.29 is 29.4 Å². The average molecular weight is 570 g/mol. The van der Waals surface area contributed by atoms with Gasteiger partial charge in [0.15, 0.2) is 0 Å². The number of phenolic OH excluding ortho intramolecular Hbond substituents is 1. The summed E-state index contributed by atoms with van der Waals surface area (Å²) in [5, 5.41) is 27.5. The zero-order chi connectivity index (χ0) is 29.2. The molecule has 0 radical (unpaired) electrons. The van der Waals surface area contributed by atoms with E-state index in [1.54, 1.807) is 18.3 Å². The Bertz CT molecular complexity index is 1330. The van der Waals surface area contributed by atoms with Gasteiger partial charge in [-0.3, -0.25) is 19.2 Å². The third kappa shape index (κ3) is 8.48. The number of phenols is 1. The number of aromatic amines is 1. The number of carboxylic acids is 1. The Morgan fingerprint density at radius 2 is 1.57 bits per heavy atom. The van der Waals surface area contributed by atoms with E-state index in [4.69, 9.17) is 5.73 Å². The zero-order valence-corrected chi connectivity index (χ0v) is 23.2. The number of carbonyl (C=O) groups excluding carboxylic acids is 3. The van der Waals surface area contributed by atoms with Crippen LogP contribution in [-0.4, -0.2) is 75.1 Å². The SMILES string of the molecule is CSCCC(NC(=O)C(N)Cc1ccc(O)cc1)C(=O)NC(Cc1c[nH]c2ccccc12)C(=O)NC(C)C(=O)O. The van der Waals surface area contributed by atoms with Crippen LogP contribution in [0.15, 0.2) is 54.7 Å². The number of carbonyl (C=O) groups is 4. The molecule has 3 aromatic rings. The fourth-order valence-corrected chi connectivity index (χ4v) is 4.61. The number of H-pyrrole nitrogens is 1. The van der Waals surface area contributed by atoms with Gasteiger partial charge in [-0.1, -0.05) is 30.3 Å². The normalized spacial score (nSPS) is 14.1. The molecule has 11 nitrogen and oxygen atoms in total. The molecule has 4 atom stereocenters. The number of carboxylic acid groups (broad SMARTS) is 1. The summed E-state index contributed by atoms with van der Waals surface area (Å²) in [4.78, 5) is 53.9. The third-order valence-corrected chi connectivity index (χ3v) is 7.08. The first-order chi connectivity index (χ1) is 19.1. The molecule has 12 heteroatoms. The lowest BCUT2D eigenvalue weighted by Crippen LogP contribution is -2.57. The van der Waals surface area contributed by atoms with Crippen molar-refractivity contribution >= 4 is 46.4 Å². The van der Waals surface area contributed by atoms with Gasteiger partial charge >= 0.3 is 5.97 Å². The molecule has 3 rings (SSSR count). The van der Waals surface area contributed by atoms with Gasteiger partial charge in [0, 0.05) is 23.5 Å². The molecule has 1 aromatic heterocycles. The van der Waals surface area contributed by atoms with Gasteiger partial charge in [-0.2, -0.15) is 11.8 Å². The van der Waals surface area contributed by atoms with Crippen molar-refractivity contribution in [2.45, 2.75) is 50.4 Å². The molecule has 0 bridgehead atoms. The van der Waals surface area contributed by atoms with E-state index in [9.17, 15) is 29.4 Å². The number of thioether (sulfide) groups is 1. The van der Waals surface area contributed by atoms with Crippen LogP contribution in [-0.2, 0) is 32.0 Å². The van der Waals surface area contributed by atoms with E-state index in [1.165, 1.54) is 30.8 Å². The van der Waals surface area contributed by atoms with Crippen LogP contribution in [0, 0.1) is 0 Å². The Hall–Kier alpha value is -4.03. The second-order valence-electron chi connectivity index (χ2n) is 9.51. The predicted octanol–water partition coefficient (Wildman–Crippen LogP) is 1.30. The summed E-state index contributed by atoms with van der Waals surface area (Å²) >= 11 is 1.49.